The third-order valence-corrected chi connectivity index (χ3v) is 3.67. The van der Waals surface area contributed by atoms with Gasteiger partial charge in [-0.05, 0) is 25.0 Å². The van der Waals surface area contributed by atoms with E-state index in [9.17, 15) is 9.18 Å². The van der Waals surface area contributed by atoms with Gasteiger partial charge in [-0.2, -0.15) is 5.26 Å². The largest absolute Gasteiger partial charge is 0.357 e. The second kappa shape index (κ2) is 6.40. The Balaban J connectivity index is 1.77. The Morgan fingerprint density at radius 3 is 2.83 bits per heavy atom. The number of nitrogens with zero attached hydrogens (tertiary/aromatic N) is 4. The van der Waals surface area contributed by atoms with Gasteiger partial charge in [-0.25, -0.2) is 14.4 Å². The molecule has 0 saturated carbocycles. The van der Waals surface area contributed by atoms with E-state index in [0.717, 1.165) is 6.42 Å². The standard InChI is InChI=1S/C16H14FN5O/c17-12-4-1-2-6-14(12)22-7-3-5-13(16(22)23)21-15-10-19-11(8-18)9-20-15/h1-2,4,6,9-10,13H,3,5,7H2,(H,20,21)/t13-/m0/s1. The minimum atomic E-state index is -0.495. The molecule has 1 aromatic carbocycles. The molecule has 7 heteroatoms. The number of carbonyl (C=O) groups is 1. The van der Waals surface area contributed by atoms with Crippen LogP contribution in [-0.2, 0) is 4.79 Å². The zero-order chi connectivity index (χ0) is 16.2. The summed E-state index contributed by atoms with van der Waals surface area (Å²) in [6.45, 7) is 0.483. The van der Waals surface area contributed by atoms with Crippen molar-refractivity contribution < 1.29 is 9.18 Å². The van der Waals surface area contributed by atoms with E-state index in [2.05, 4.69) is 15.3 Å². The highest BCUT2D eigenvalue weighted by Gasteiger charge is 2.31. The molecule has 1 aromatic heterocycles. The van der Waals surface area contributed by atoms with E-state index < -0.39 is 11.9 Å². The molecule has 23 heavy (non-hydrogen) atoms. The lowest BCUT2D eigenvalue weighted by atomic mass is 10.0. The minimum absolute atomic E-state index is 0.201. The van der Waals surface area contributed by atoms with Crippen LogP contribution in [0.2, 0.25) is 0 Å². The summed E-state index contributed by atoms with van der Waals surface area (Å²) in [5.74, 6) is -0.204. The number of nitriles is 1. The molecule has 0 unspecified atom stereocenters. The lowest BCUT2D eigenvalue weighted by molar-refractivity contribution is -0.120. The van der Waals surface area contributed by atoms with Crippen LogP contribution in [0.25, 0.3) is 0 Å². The SMILES string of the molecule is N#Cc1cnc(N[C@H]2CCCN(c3ccccc3F)C2=O)cn1. The van der Waals surface area contributed by atoms with Crippen molar-refractivity contribution in [3.05, 3.63) is 48.2 Å². The van der Waals surface area contributed by atoms with Gasteiger partial charge in [0.2, 0.25) is 5.91 Å². The Bertz CT molecular complexity index is 756. The fourth-order valence-electron chi connectivity index (χ4n) is 2.56. The Morgan fingerprint density at radius 2 is 2.13 bits per heavy atom. The average Bonchev–Trinajstić information content (AvgIpc) is 2.58. The molecule has 1 N–H and O–H groups in total. The van der Waals surface area contributed by atoms with Crippen LogP contribution in [0.1, 0.15) is 18.5 Å². The molecule has 1 aliphatic rings. The maximum absolute atomic E-state index is 13.9. The van der Waals surface area contributed by atoms with Crippen molar-refractivity contribution in [1.82, 2.24) is 9.97 Å². The fourth-order valence-corrected chi connectivity index (χ4v) is 2.56. The first-order valence-electron chi connectivity index (χ1n) is 7.23. The van der Waals surface area contributed by atoms with Gasteiger partial charge < -0.3 is 10.2 Å². The molecule has 6 nitrogen and oxygen atoms in total. The minimum Gasteiger partial charge on any atom is -0.357 e. The number of rotatable bonds is 3. The molecule has 1 aliphatic heterocycles. The number of anilines is 2. The number of nitrogens with one attached hydrogen (secondary N) is 1. The van der Waals surface area contributed by atoms with Gasteiger partial charge in [0.1, 0.15) is 23.7 Å². The Morgan fingerprint density at radius 1 is 1.30 bits per heavy atom. The highest BCUT2D eigenvalue weighted by atomic mass is 19.1. The Kier molecular flexibility index (Phi) is 4.15. The second-order valence-electron chi connectivity index (χ2n) is 5.18. The number of halogens is 1. The first-order chi connectivity index (χ1) is 11.2. The highest BCUT2D eigenvalue weighted by molar-refractivity contribution is 5.99. The van der Waals surface area contributed by atoms with Gasteiger partial charge in [0.05, 0.1) is 18.1 Å². The normalized spacial score (nSPS) is 17.7. The van der Waals surface area contributed by atoms with Crippen LogP contribution < -0.4 is 10.2 Å². The van der Waals surface area contributed by atoms with Crippen molar-refractivity contribution in [1.29, 1.82) is 5.26 Å². The van der Waals surface area contributed by atoms with E-state index in [4.69, 9.17) is 5.26 Å². The molecule has 2 aromatic rings. The van der Waals surface area contributed by atoms with Crippen LogP contribution in [0.4, 0.5) is 15.9 Å². The van der Waals surface area contributed by atoms with E-state index in [1.165, 1.54) is 23.4 Å². The number of aromatic nitrogens is 2. The summed E-state index contributed by atoms with van der Waals surface area (Å²) < 4.78 is 13.9. The first kappa shape index (κ1) is 14.9. The summed E-state index contributed by atoms with van der Waals surface area (Å²) in [5.41, 5.74) is 0.494. The van der Waals surface area contributed by atoms with Gasteiger partial charge >= 0.3 is 0 Å². The third kappa shape index (κ3) is 3.11. The van der Waals surface area contributed by atoms with Crippen LogP contribution in [0.5, 0.6) is 0 Å². The first-order valence-corrected chi connectivity index (χ1v) is 7.23. The van der Waals surface area contributed by atoms with Crippen LogP contribution in [-0.4, -0.2) is 28.5 Å². The van der Waals surface area contributed by atoms with E-state index in [1.54, 1.807) is 18.2 Å². The summed E-state index contributed by atoms with van der Waals surface area (Å²) in [7, 11) is 0. The predicted octanol–water partition coefficient (Wildman–Crippen LogP) is 2.09. The summed E-state index contributed by atoms with van der Waals surface area (Å²) in [5, 5.41) is 11.7. The summed E-state index contributed by atoms with van der Waals surface area (Å²) in [6, 6.07) is 7.62. The summed E-state index contributed by atoms with van der Waals surface area (Å²) in [4.78, 5) is 22.0. The molecule has 2 heterocycles. The predicted molar refractivity (Wildman–Crippen MR) is 82.1 cm³/mol. The molecule has 0 radical (unpaired) electrons. The highest BCUT2D eigenvalue weighted by Crippen LogP contribution is 2.25. The van der Waals surface area contributed by atoms with Gasteiger partial charge in [0.15, 0.2) is 5.69 Å². The molecular formula is C16H14FN5O. The molecule has 116 valence electrons. The van der Waals surface area contributed by atoms with E-state index in [1.807, 2.05) is 6.07 Å². The summed E-state index contributed by atoms with van der Waals surface area (Å²) >= 11 is 0. The number of hydrogen-bond acceptors (Lipinski definition) is 5. The number of piperidine rings is 1. The molecular weight excluding hydrogens is 297 g/mol. The molecule has 0 bridgehead atoms. The Labute approximate surface area is 132 Å². The number of carbonyl (C=O) groups excluding carboxylic acids is 1. The third-order valence-electron chi connectivity index (χ3n) is 3.67. The number of para-hydroxylation sites is 1. The smallest absolute Gasteiger partial charge is 0.249 e. The van der Waals surface area contributed by atoms with Gasteiger partial charge in [-0.15, -0.1) is 0 Å². The van der Waals surface area contributed by atoms with Crippen molar-refractivity contribution in [3.8, 4) is 6.07 Å². The van der Waals surface area contributed by atoms with Gasteiger partial charge in [-0.3, -0.25) is 4.79 Å². The van der Waals surface area contributed by atoms with Gasteiger partial charge in [0, 0.05) is 6.54 Å². The Hall–Kier alpha value is -3.01. The lowest BCUT2D eigenvalue weighted by Gasteiger charge is -2.33. The number of benzene rings is 1. The fraction of sp³-hybridized carbons (Fsp3) is 0.250. The van der Waals surface area contributed by atoms with Crippen LogP contribution in [0, 0.1) is 17.1 Å². The molecule has 1 saturated heterocycles. The molecule has 1 atom stereocenters. The van der Waals surface area contributed by atoms with Crippen molar-refractivity contribution in [2.24, 2.45) is 0 Å². The van der Waals surface area contributed by atoms with Gasteiger partial charge in [0.25, 0.3) is 0 Å². The second-order valence-corrected chi connectivity index (χ2v) is 5.18. The van der Waals surface area contributed by atoms with Crippen LogP contribution in [0.3, 0.4) is 0 Å². The van der Waals surface area contributed by atoms with Gasteiger partial charge in [-0.1, -0.05) is 12.1 Å². The quantitative estimate of drug-likeness (QED) is 0.938. The summed E-state index contributed by atoms with van der Waals surface area (Å²) in [6.07, 6.45) is 4.13. The maximum Gasteiger partial charge on any atom is 0.249 e. The molecule has 3 rings (SSSR count). The number of hydrogen-bond donors (Lipinski definition) is 1. The number of amides is 1. The van der Waals surface area contributed by atoms with E-state index in [-0.39, 0.29) is 17.3 Å². The van der Waals surface area contributed by atoms with Crippen LogP contribution >= 0.6 is 0 Å². The average molecular weight is 311 g/mol. The van der Waals surface area contributed by atoms with Crippen molar-refractivity contribution in [2.45, 2.75) is 18.9 Å². The molecule has 1 amide bonds. The van der Waals surface area contributed by atoms with E-state index in [0.29, 0.717) is 18.8 Å². The van der Waals surface area contributed by atoms with Crippen molar-refractivity contribution >= 4 is 17.4 Å². The molecule has 1 fully saturated rings. The molecule has 0 aliphatic carbocycles. The zero-order valence-electron chi connectivity index (χ0n) is 12.2. The monoisotopic (exact) mass is 311 g/mol. The lowest BCUT2D eigenvalue weighted by Crippen LogP contribution is -2.48. The molecule has 0 spiro atoms. The van der Waals surface area contributed by atoms with Crippen molar-refractivity contribution in [2.75, 3.05) is 16.8 Å². The van der Waals surface area contributed by atoms with E-state index >= 15 is 0 Å². The topological polar surface area (TPSA) is 81.9 Å². The zero-order valence-corrected chi connectivity index (χ0v) is 12.2. The maximum atomic E-state index is 13.9. The van der Waals surface area contributed by atoms with Crippen LogP contribution in [0.15, 0.2) is 36.7 Å². The van der Waals surface area contributed by atoms with Crippen molar-refractivity contribution in [3.63, 3.8) is 0 Å².